The van der Waals surface area contributed by atoms with Crippen molar-refractivity contribution in [3.63, 3.8) is 0 Å². The van der Waals surface area contributed by atoms with Crippen LogP contribution < -0.4 is 5.32 Å². The van der Waals surface area contributed by atoms with E-state index in [0.29, 0.717) is 0 Å². The molecule has 2 aromatic rings. The van der Waals surface area contributed by atoms with Crippen LogP contribution in [-0.2, 0) is 4.79 Å². The molecule has 0 saturated heterocycles. The molecule has 2 N–H and O–H groups in total. The number of carbonyl (C=O) groups is 1. The van der Waals surface area contributed by atoms with Gasteiger partial charge in [0.15, 0.2) is 0 Å². The molecule has 0 saturated carbocycles. The van der Waals surface area contributed by atoms with Gasteiger partial charge in [-0.2, -0.15) is 0 Å². The quantitative estimate of drug-likeness (QED) is 0.873. The van der Waals surface area contributed by atoms with Crippen LogP contribution in [0.25, 0.3) is 0 Å². The summed E-state index contributed by atoms with van der Waals surface area (Å²) in [5.41, 5.74) is 1.68. The monoisotopic (exact) mass is 348 g/mol. The molecule has 2 atom stereocenters. The Morgan fingerprint density at radius 3 is 2.43 bits per heavy atom. The molecule has 4 nitrogen and oxygen atoms in total. The number of rotatable bonds is 5. The summed E-state index contributed by atoms with van der Waals surface area (Å²) in [4.78, 5) is 16.0. The number of benzene rings is 1. The number of aliphatic hydroxyl groups is 1. The summed E-state index contributed by atoms with van der Waals surface area (Å²) in [6.07, 6.45) is 2.50. The number of aliphatic hydroxyl groups excluding tert-OH is 1. The number of halogens is 1. The van der Waals surface area contributed by atoms with Gasteiger partial charge in [0.05, 0.1) is 12.0 Å². The lowest BCUT2D eigenvalue weighted by atomic mass is 10.0. The topological polar surface area (TPSA) is 62.2 Å². The van der Waals surface area contributed by atoms with Crippen molar-refractivity contribution in [1.82, 2.24) is 10.3 Å². The highest BCUT2D eigenvalue weighted by Crippen LogP contribution is 2.19. The van der Waals surface area contributed by atoms with Gasteiger partial charge in [-0.05, 0) is 42.3 Å². The van der Waals surface area contributed by atoms with Gasteiger partial charge < -0.3 is 10.4 Å². The molecule has 0 bridgehead atoms. The van der Waals surface area contributed by atoms with Gasteiger partial charge in [0.25, 0.3) is 0 Å². The van der Waals surface area contributed by atoms with Gasteiger partial charge in [-0.3, -0.25) is 9.78 Å². The summed E-state index contributed by atoms with van der Waals surface area (Å²) >= 11 is 3.37. The Labute approximate surface area is 132 Å². The van der Waals surface area contributed by atoms with Crippen LogP contribution in [0.5, 0.6) is 0 Å². The molecule has 1 heterocycles. The minimum absolute atomic E-state index is 0.106. The van der Waals surface area contributed by atoms with Crippen LogP contribution in [0.15, 0.2) is 53.3 Å². The Morgan fingerprint density at radius 1 is 1.19 bits per heavy atom. The van der Waals surface area contributed by atoms with Gasteiger partial charge in [0, 0.05) is 23.4 Å². The fourth-order valence-corrected chi connectivity index (χ4v) is 2.22. The molecule has 0 aliphatic rings. The Morgan fingerprint density at radius 2 is 1.81 bits per heavy atom. The first kappa shape index (κ1) is 15.7. The number of aromatic nitrogens is 1. The second-order valence-corrected chi connectivity index (χ2v) is 5.73. The number of amides is 1. The van der Waals surface area contributed by atoms with Crippen molar-refractivity contribution in [3.05, 3.63) is 64.4 Å². The lowest BCUT2D eigenvalue weighted by Crippen LogP contribution is -2.31. The molecule has 0 radical (unpaired) electrons. The molecule has 0 fully saturated rings. The molecule has 0 aliphatic heterocycles. The molecule has 2 unspecified atom stereocenters. The number of pyridine rings is 1. The number of nitrogens with zero attached hydrogens (tertiary/aromatic N) is 1. The lowest BCUT2D eigenvalue weighted by Gasteiger charge is -2.15. The van der Waals surface area contributed by atoms with Gasteiger partial charge >= 0.3 is 0 Å². The third kappa shape index (κ3) is 4.37. The molecule has 110 valence electrons. The maximum Gasteiger partial charge on any atom is 0.227 e. The van der Waals surface area contributed by atoms with Crippen molar-refractivity contribution in [2.45, 2.75) is 18.9 Å². The van der Waals surface area contributed by atoms with E-state index in [1.54, 1.807) is 24.5 Å². The smallest absolute Gasteiger partial charge is 0.227 e. The summed E-state index contributed by atoms with van der Waals surface area (Å²) < 4.78 is 0.979. The van der Waals surface area contributed by atoms with Crippen LogP contribution in [0.3, 0.4) is 0 Å². The molecule has 1 amide bonds. The van der Waals surface area contributed by atoms with E-state index in [1.165, 1.54) is 0 Å². The first-order chi connectivity index (χ1) is 10.1. The molecule has 2 rings (SSSR count). The van der Waals surface area contributed by atoms with Gasteiger partial charge in [0.1, 0.15) is 0 Å². The highest BCUT2D eigenvalue weighted by atomic mass is 79.9. The molecule has 0 aliphatic carbocycles. The zero-order valence-electron chi connectivity index (χ0n) is 11.7. The van der Waals surface area contributed by atoms with Crippen LogP contribution in [0, 0.1) is 0 Å². The van der Waals surface area contributed by atoms with Crippen LogP contribution in [0.2, 0.25) is 0 Å². The molecule has 21 heavy (non-hydrogen) atoms. The van der Waals surface area contributed by atoms with E-state index in [9.17, 15) is 9.90 Å². The van der Waals surface area contributed by atoms with Crippen LogP contribution in [-0.4, -0.2) is 22.5 Å². The van der Waals surface area contributed by atoms with Gasteiger partial charge in [-0.25, -0.2) is 0 Å². The van der Waals surface area contributed by atoms with Crippen molar-refractivity contribution in [2.24, 2.45) is 0 Å². The van der Waals surface area contributed by atoms with E-state index in [4.69, 9.17) is 0 Å². The standard InChI is InChI=1S/C16H17BrN2O2/c1-11(12-2-4-14(17)5-3-12)16(21)19-10-15(20)13-6-8-18-9-7-13/h2-9,11,15,20H,10H2,1H3,(H,19,21). The molecule has 1 aromatic carbocycles. The number of hydrogen-bond acceptors (Lipinski definition) is 3. The van der Waals surface area contributed by atoms with Crippen molar-refractivity contribution in [2.75, 3.05) is 6.54 Å². The van der Waals surface area contributed by atoms with E-state index in [2.05, 4.69) is 26.2 Å². The highest BCUT2D eigenvalue weighted by Gasteiger charge is 2.16. The molecule has 5 heteroatoms. The molecular weight excluding hydrogens is 332 g/mol. The van der Waals surface area contributed by atoms with E-state index in [1.807, 2.05) is 31.2 Å². The number of carbonyl (C=O) groups excluding carboxylic acids is 1. The normalized spacial score (nSPS) is 13.5. The SMILES string of the molecule is CC(C(=O)NCC(O)c1ccncc1)c1ccc(Br)cc1. The van der Waals surface area contributed by atoms with Crippen LogP contribution in [0.1, 0.15) is 30.1 Å². The average molecular weight is 349 g/mol. The third-order valence-corrected chi connectivity index (χ3v) is 3.85. The minimum Gasteiger partial charge on any atom is -0.387 e. The number of hydrogen-bond donors (Lipinski definition) is 2. The largest absolute Gasteiger partial charge is 0.387 e. The van der Waals surface area contributed by atoms with Crippen LogP contribution >= 0.6 is 15.9 Å². The summed E-state index contributed by atoms with van der Waals surface area (Å²) in [6, 6.07) is 11.1. The first-order valence-electron chi connectivity index (χ1n) is 6.69. The Kier molecular flexibility index (Phi) is 5.47. The van der Waals surface area contributed by atoms with Crippen molar-refractivity contribution >= 4 is 21.8 Å². The minimum atomic E-state index is -0.728. The Hall–Kier alpha value is -1.72. The van der Waals surface area contributed by atoms with Crippen molar-refractivity contribution < 1.29 is 9.90 Å². The number of nitrogens with one attached hydrogen (secondary N) is 1. The van der Waals surface area contributed by atoms with Crippen molar-refractivity contribution in [1.29, 1.82) is 0 Å². The van der Waals surface area contributed by atoms with E-state index < -0.39 is 6.10 Å². The second-order valence-electron chi connectivity index (χ2n) is 4.81. The molecular formula is C16H17BrN2O2. The second kappa shape index (κ2) is 7.33. The summed E-state index contributed by atoms with van der Waals surface area (Å²) in [5, 5.41) is 12.8. The van der Waals surface area contributed by atoms with Gasteiger partial charge in [-0.15, -0.1) is 0 Å². The predicted molar refractivity (Wildman–Crippen MR) is 84.8 cm³/mol. The molecule has 1 aromatic heterocycles. The zero-order chi connectivity index (χ0) is 15.2. The van der Waals surface area contributed by atoms with Crippen molar-refractivity contribution in [3.8, 4) is 0 Å². The summed E-state index contributed by atoms with van der Waals surface area (Å²) in [5.74, 6) is -0.367. The third-order valence-electron chi connectivity index (χ3n) is 3.32. The molecule has 0 spiro atoms. The lowest BCUT2D eigenvalue weighted by molar-refractivity contribution is -0.122. The maximum atomic E-state index is 12.1. The van der Waals surface area contributed by atoms with E-state index in [0.717, 1.165) is 15.6 Å². The summed E-state index contributed by atoms with van der Waals surface area (Å²) in [6.45, 7) is 2.03. The average Bonchev–Trinajstić information content (AvgIpc) is 2.53. The summed E-state index contributed by atoms with van der Waals surface area (Å²) in [7, 11) is 0. The first-order valence-corrected chi connectivity index (χ1v) is 7.48. The maximum absolute atomic E-state index is 12.1. The fraction of sp³-hybridized carbons (Fsp3) is 0.250. The van der Waals surface area contributed by atoms with Gasteiger partial charge in [0.2, 0.25) is 5.91 Å². The fourth-order valence-electron chi connectivity index (χ4n) is 1.96. The van der Waals surface area contributed by atoms with E-state index in [-0.39, 0.29) is 18.4 Å². The van der Waals surface area contributed by atoms with E-state index >= 15 is 0 Å². The Balaban J connectivity index is 1.91. The Bertz CT molecular complexity index is 587. The highest BCUT2D eigenvalue weighted by molar-refractivity contribution is 9.10. The van der Waals surface area contributed by atoms with Crippen LogP contribution in [0.4, 0.5) is 0 Å². The predicted octanol–water partition coefficient (Wildman–Crippen LogP) is 2.80. The van der Waals surface area contributed by atoms with Gasteiger partial charge in [-0.1, -0.05) is 28.1 Å². The zero-order valence-corrected chi connectivity index (χ0v) is 13.2.